The Labute approximate surface area is 124 Å². The van der Waals surface area contributed by atoms with Crippen LogP contribution in [-0.4, -0.2) is 56.9 Å². The molecule has 0 atom stereocenters. The number of anilines is 1. The Balaban J connectivity index is 1.45. The predicted octanol–water partition coefficient (Wildman–Crippen LogP) is 1.50. The van der Waals surface area contributed by atoms with E-state index in [2.05, 4.69) is 38.2 Å². The number of likely N-dealkylation sites (N-methyl/N-ethyl adjacent to an activating group) is 1. The highest BCUT2D eigenvalue weighted by atomic mass is 15.4. The smallest absolute Gasteiger partial charge is 0.178 e. The van der Waals surface area contributed by atoms with E-state index >= 15 is 0 Å². The number of rotatable bonds is 3. The maximum Gasteiger partial charge on any atom is 0.178 e. The zero-order chi connectivity index (χ0) is 14.4. The van der Waals surface area contributed by atoms with Gasteiger partial charge in [-0.3, -0.25) is 4.90 Å². The normalized spacial score (nSPS) is 20.6. The van der Waals surface area contributed by atoms with Crippen molar-refractivity contribution in [3.63, 3.8) is 0 Å². The van der Waals surface area contributed by atoms with Gasteiger partial charge in [0.1, 0.15) is 5.82 Å². The summed E-state index contributed by atoms with van der Waals surface area (Å²) in [6.07, 6.45) is 5.54. The first-order valence-electron chi connectivity index (χ1n) is 7.88. The second-order valence-electron chi connectivity index (χ2n) is 6.37. The molecule has 6 nitrogen and oxygen atoms in total. The highest BCUT2D eigenvalue weighted by Gasteiger charge is 2.35. The summed E-state index contributed by atoms with van der Waals surface area (Å²) in [5.41, 5.74) is 0.816. The van der Waals surface area contributed by atoms with Gasteiger partial charge in [0, 0.05) is 25.2 Å². The monoisotopic (exact) mass is 286 g/mol. The van der Waals surface area contributed by atoms with E-state index in [1.54, 1.807) is 0 Å². The Morgan fingerprint density at radius 2 is 1.86 bits per heavy atom. The molecule has 0 N–H and O–H groups in total. The molecule has 2 fully saturated rings. The van der Waals surface area contributed by atoms with Crippen LogP contribution in [0.4, 0.5) is 5.82 Å². The van der Waals surface area contributed by atoms with Gasteiger partial charge >= 0.3 is 0 Å². The summed E-state index contributed by atoms with van der Waals surface area (Å²) >= 11 is 0. The molecule has 1 saturated heterocycles. The quantitative estimate of drug-likeness (QED) is 0.856. The van der Waals surface area contributed by atoms with E-state index in [0.29, 0.717) is 6.04 Å². The molecule has 0 spiro atoms. The fourth-order valence-corrected chi connectivity index (χ4v) is 3.56. The summed E-state index contributed by atoms with van der Waals surface area (Å²) in [5.74, 6) is 1.87. The molecule has 21 heavy (non-hydrogen) atoms. The molecule has 0 amide bonds. The van der Waals surface area contributed by atoms with Gasteiger partial charge in [0.2, 0.25) is 0 Å². The molecule has 2 aromatic heterocycles. The van der Waals surface area contributed by atoms with Gasteiger partial charge in [-0.2, -0.15) is 4.52 Å². The Morgan fingerprint density at radius 1 is 1.10 bits per heavy atom. The van der Waals surface area contributed by atoms with Crippen LogP contribution in [0.5, 0.6) is 0 Å². The molecule has 0 unspecified atom stereocenters. The molecule has 6 heteroatoms. The van der Waals surface area contributed by atoms with Crippen LogP contribution in [0.15, 0.2) is 12.1 Å². The van der Waals surface area contributed by atoms with E-state index in [4.69, 9.17) is 0 Å². The molecule has 0 bridgehead atoms. The molecule has 1 saturated carbocycles. The van der Waals surface area contributed by atoms with E-state index in [1.807, 2.05) is 17.5 Å². The summed E-state index contributed by atoms with van der Waals surface area (Å²) in [6, 6.07) is 5.52. The van der Waals surface area contributed by atoms with Crippen LogP contribution in [0.25, 0.3) is 5.65 Å². The number of aryl methyl sites for hydroxylation is 1. The zero-order valence-corrected chi connectivity index (χ0v) is 12.7. The molecule has 2 aliphatic rings. The van der Waals surface area contributed by atoms with Crippen LogP contribution in [0, 0.1) is 6.92 Å². The van der Waals surface area contributed by atoms with Crippen molar-refractivity contribution in [1.82, 2.24) is 24.7 Å². The minimum atomic E-state index is 0.674. The molecule has 0 radical (unpaired) electrons. The number of nitrogens with zero attached hydrogens (tertiary/aromatic N) is 6. The van der Waals surface area contributed by atoms with Crippen LogP contribution in [-0.2, 0) is 0 Å². The Kier molecular flexibility index (Phi) is 3.06. The molecule has 3 heterocycles. The number of fused-ring (bicyclic) bond motifs is 1. The lowest BCUT2D eigenvalue weighted by molar-refractivity contribution is 0.147. The standard InChI is InChI=1S/C15H22N6/c1-11-16-17-14-7-8-15(18-21(11)14)20-9-13(10-20)19(2)12-5-3-4-6-12/h7-8,12-13H,3-6,9-10H2,1-2H3. The summed E-state index contributed by atoms with van der Waals surface area (Å²) in [7, 11) is 2.29. The van der Waals surface area contributed by atoms with E-state index < -0.39 is 0 Å². The molecule has 0 aromatic carbocycles. The van der Waals surface area contributed by atoms with Crippen LogP contribution >= 0.6 is 0 Å². The number of aromatic nitrogens is 4. The van der Waals surface area contributed by atoms with E-state index in [1.165, 1.54) is 25.7 Å². The van der Waals surface area contributed by atoms with E-state index in [0.717, 1.165) is 36.4 Å². The first-order valence-corrected chi connectivity index (χ1v) is 7.88. The average Bonchev–Trinajstić information content (AvgIpc) is 3.08. The first-order chi connectivity index (χ1) is 10.2. The fourth-order valence-electron chi connectivity index (χ4n) is 3.56. The summed E-state index contributed by atoms with van der Waals surface area (Å²) in [5, 5.41) is 12.8. The van der Waals surface area contributed by atoms with Crippen LogP contribution in [0.3, 0.4) is 0 Å². The van der Waals surface area contributed by atoms with E-state index in [9.17, 15) is 0 Å². The van der Waals surface area contributed by atoms with Crippen molar-refractivity contribution >= 4 is 11.5 Å². The van der Waals surface area contributed by atoms with Crippen molar-refractivity contribution < 1.29 is 0 Å². The van der Waals surface area contributed by atoms with Crippen LogP contribution in [0.1, 0.15) is 31.5 Å². The van der Waals surface area contributed by atoms with Gasteiger partial charge in [-0.15, -0.1) is 15.3 Å². The SMILES string of the molecule is Cc1nnc2ccc(N3CC(N(C)C4CCCC4)C3)nn12. The second-order valence-corrected chi connectivity index (χ2v) is 6.37. The average molecular weight is 286 g/mol. The summed E-state index contributed by atoms with van der Waals surface area (Å²) in [6.45, 7) is 4.09. The van der Waals surface area contributed by atoms with Crippen molar-refractivity contribution in [2.75, 3.05) is 25.0 Å². The molecule has 112 valence electrons. The lowest BCUT2D eigenvalue weighted by Crippen LogP contribution is -2.60. The Morgan fingerprint density at radius 3 is 2.62 bits per heavy atom. The maximum absolute atomic E-state index is 4.65. The van der Waals surface area contributed by atoms with Gasteiger partial charge in [0.15, 0.2) is 11.5 Å². The van der Waals surface area contributed by atoms with Gasteiger partial charge in [0.25, 0.3) is 0 Å². The Bertz CT molecular complexity index is 639. The lowest BCUT2D eigenvalue weighted by Gasteiger charge is -2.46. The van der Waals surface area contributed by atoms with Crippen molar-refractivity contribution in [3.8, 4) is 0 Å². The second kappa shape index (κ2) is 4.94. The van der Waals surface area contributed by atoms with Crippen molar-refractivity contribution in [2.45, 2.75) is 44.7 Å². The van der Waals surface area contributed by atoms with Gasteiger partial charge < -0.3 is 4.90 Å². The Hall–Kier alpha value is -1.69. The topological polar surface area (TPSA) is 49.6 Å². The van der Waals surface area contributed by atoms with E-state index in [-0.39, 0.29) is 0 Å². The zero-order valence-electron chi connectivity index (χ0n) is 12.7. The maximum atomic E-state index is 4.65. The number of hydrogen-bond donors (Lipinski definition) is 0. The minimum absolute atomic E-state index is 0.674. The van der Waals surface area contributed by atoms with Crippen LogP contribution in [0.2, 0.25) is 0 Å². The molecule has 2 aromatic rings. The van der Waals surface area contributed by atoms with Crippen molar-refractivity contribution in [3.05, 3.63) is 18.0 Å². The largest absolute Gasteiger partial charge is 0.352 e. The highest BCUT2D eigenvalue weighted by molar-refractivity contribution is 5.47. The summed E-state index contributed by atoms with van der Waals surface area (Å²) < 4.78 is 1.82. The first kappa shape index (κ1) is 13.0. The third kappa shape index (κ3) is 2.18. The third-order valence-corrected chi connectivity index (χ3v) is 5.07. The van der Waals surface area contributed by atoms with Crippen molar-refractivity contribution in [2.24, 2.45) is 0 Å². The van der Waals surface area contributed by atoms with Crippen LogP contribution < -0.4 is 4.90 Å². The van der Waals surface area contributed by atoms with Gasteiger partial charge in [-0.05, 0) is 38.9 Å². The van der Waals surface area contributed by atoms with Gasteiger partial charge in [-0.1, -0.05) is 12.8 Å². The highest BCUT2D eigenvalue weighted by Crippen LogP contribution is 2.28. The van der Waals surface area contributed by atoms with Crippen molar-refractivity contribution in [1.29, 1.82) is 0 Å². The summed E-state index contributed by atoms with van der Waals surface area (Å²) in [4.78, 5) is 4.93. The fraction of sp³-hybridized carbons (Fsp3) is 0.667. The molecular formula is C15H22N6. The molecule has 1 aliphatic carbocycles. The molecular weight excluding hydrogens is 264 g/mol. The molecule has 4 rings (SSSR count). The van der Waals surface area contributed by atoms with Gasteiger partial charge in [-0.25, -0.2) is 0 Å². The number of hydrogen-bond acceptors (Lipinski definition) is 5. The lowest BCUT2D eigenvalue weighted by atomic mass is 10.0. The van der Waals surface area contributed by atoms with Gasteiger partial charge in [0.05, 0.1) is 0 Å². The third-order valence-electron chi connectivity index (χ3n) is 5.07. The predicted molar refractivity (Wildman–Crippen MR) is 81.5 cm³/mol. The molecule has 1 aliphatic heterocycles. The minimum Gasteiger partial charge on any atom is -0.352 e.